The summed E-state index contributed by atoms with van der Waals surface area (Å²) in [6, 6.07) is 5.64. The Morgan fingerprint density at radius 1 is 1.35 bits per heavy atom. The van der Waals surface area contributed by atoms with Crippen molar-refractivity contribution in [3.05, 3.63) is 23.8 Å². The topological polar surface area (TPSA) is 82.8 Å². The summed E-state index contributed by atoms with van der Waals surface area (Å²) in [5.74, 6) is 1.33. The van der Waals surface area contributed by atoms with Gasteiger partial charge in [-0.15, -0.1) is 0 Å². The second kappa shape index (κ2) is 5.68. The summed E-state index contributed by atoms with van der Waals surface area (Å²) in [5.41, 5.74) is 6.44. The second-order valence-electron chi connectivity index (χ2n) is 4.93. The van der Waals surface area contributed by atoms with Gasteiger partial charge in [-0.2, -0.15) is 0 Å². The molecule has 3 N–H and O–H groups in total. The lowest BCUT2D eigenvalue weighted by Crippen LogP contribution is -2.35. The highest BCUT2D eigenvalue weighted by Crippen LogP contribution is 2.35. The average Bonchev–Trinajstić information content (AvgIpc) is 3.13. The summed E-state index contributed by atoms with van der Waals surface area (Å²) < 4.78 is 16.3. The van der Waals surface area contributed by atoms with Crippen molar-refractivity contribution in [2.75, 3.05) is 13.3 Å². The van der Waals surface area contributed by atoms with Gasteiger partial charge < -0.3 is 25.3 Å². The number of para-hydroxylation sites is 1. The SMILES string of the molecule is NCC1CCC(C(=O)NCc2cccc3c2OCO3)O1. The van der Waals surface area contributed by atoms with Gasteiger partial charge in [-0.05, 0) is 18.9 Å². The molecular formula is C14H18N2O4. The fraction of sp³-hybridized carbons (Fsp3) is 0.500. The molecule has 6 nitrogen and oxygen atoms in total. The third-order valence-electron chi connectivity index (χ3n) is 3.59. The molecule has 2 unspecified atom stereocenters. The zero-order chi connectivity index (χ0) is 13.9. The molecule has 0 spiro atoms. The number of nitrogens with one attached hydrogen (secondary N) is 1. The molecule has 0 aromatic heterocycles. The predicted octanol–water partition coefficient (Wildman–Crippen LogP) is 0.538. The van der Waals surface area contributed by atoms with Crippen molar-refractivity contribution >= 4 is 5.91 Å². The Morgan fingerprint density at radius 2 is 2.25 bits per heavy atom. The van der Waals surface area contributed by atoms with Gasteiger partial charge in [-0.25, -0.2) is 0 Å². The average molecular weight is 278 g/mol. The number of amides is 1. The monoisotopic (exact) mass is 278 g/mol. The number of ether oxygens (including phenoxy) is 3. The van der Waals surface area contributed by atoms with Gasteiger partial charge in [0.15, 0.2) is 11.5 Å². The molecule has 0 radical (unpaired) electrons. The first-order valence-corrected chi connectivity index (χ1v) is 6.78. The molecule has 6 heteroatoms. The van der Waals surface area contributed by atoms with Crippen LogP contribution in [0.3, 0.4) is 0 Å². The molecule has 1 amide bonds. The van der Waals surface area contributed by atoms with Crippen molar-refractivity contribution in [2.45, 2.75) is 31.6 Å². The van der Waals surface area contributed by atoms with E-state index in [1.807, 2.05) is 18.2 Å². The normalized spacial score (nSPS) is 23.9. The minimum atomic E-state index is -0.391. The summed E-state index contributed by atoms with van der Waals surface area (Å²) in [5, 5.41) is 2.87. The van der Waals surface area contributed by atoms with E-state index in [-0.39, 0.29) is 18.8 Å². The molecule has 1 aromatic carbocycles. The van der Waals surface area contributed by atoms with Crippen molar-refractivity contribution in [1.82, 2.24) is 5.32 Å². The summed E-state index contributed by atoms with van der Waals surface area (Å²) in [6.45, 7) is 1.09. The van der Waals surface area contributed by atoms with Gasteiger partial charge in [0.2, 0.25) is 12.7 Å². The first kappa shape index (κ1) is 13.2. The molecule has 0 saturated carbocycles. The van der Waals surface area contributed by atoms with E-state index in [1.54, 1.807) is 0 Å². The van der Waals surface area contributed by atoms with Crippen molar-refractivity contribution in [3.63, 3.8) is 0 Å². The molecule has 2 heterocycles. The lowest BCUT2D eigenvalue weighted by Gasteiger charge is -2.13. The Morgan fingerprint density at radius 3 is 3.05 bits per heavy atom. The molecule has 20 heavy (non-hydrogen) atoms. The van der Waals surface area contributed by atoms with Crippen molar-refractivity contribution in [3.8, 4) is 11.5 Å². The Kier molecular flexibility index (Phi) is 3.75. The first-order chi connectivity index (χ1) is 9.78. The zero-order valence-electron chi connectivity index (χ0n) is 11.1. The maximum Gasteiger partial charge on any atom is 0.249 e. The summed E-state index contributed by atoms with van der Waals surface area (Å²) in [4.78, 5) is 12.0. The fourth-order valence-electron chi connectivity index (χ4n) is 2.50. The highest BCUT2D eigenvalue weighted by molar-refractivity contribution is 5.81. The predicted molar refractivity (Wildman–Crippen MR) is 71.4 cm³/mol. The summed E-state index contributed by atoms with van der Waals surface area (Å²) >= 11 is 0. The van der Waals surface area contributed by atoms with Gasteiger partial charge in [0.05, 0.1) is 6.10 Å². The van der Waals surface area contributed by atoms with E-state index in [0.717, 1.165) is 24.2 Å². The van der Waals surface area contributed by atoms with Crippen LogP contribution < -0.4 is 20.5 Å². The molecule has 2 aliphatic rings. The molecule has 1 fully saturated rings. The van der Waals surface area contributed by atoms with Gasteiger partial charge in [-0.3, -0.25) is 4.79 Å². The lowest BCUT2D eigenvalue weighted by molar-refractivity contribution is -0.132. The van der Waals surface area contributed by atoms with Crippen LogP contribution in [0.25, 0.3) is 0 Å². The van der Waals surface area contributed by atoms with Crippen LogP contribution >= 0.6 is 0 Å². The number of carbonyl (C=O) groups excluding carboxylic acids is 1. The standard InChI is InChI=1S/C14H18N2O4/c15-6-10-4-5-12(20-10)14(17)16-7-9-2-1-3-11-13(9)19-8-18-11/h1-3,10,12H,4-8,15H2,(H,16,17). The van der Waals surface area contributed by atoms with E-state index in [4.69, 9.17) is 19.9 Å². The lowest BCUT2D eigenvalue weighted by atomic mass is 10.1. The minimum absolute atomic E-state index is 0.00320. The summed E-state index contributed by atoms with van der Waals surface area (Å²) in [6.07, 6.45) is 1.17. The molecule has 108 valence electrons. The maximum absolute atomic E-state index is 12.0. The molecule has 3 rings (SSSR count). The molecular weight excluding hydrogens is 260 g/mol. The molecule has 1 aromatic rings. The van der Waals surface area contributed by atoms with Crippen LogP contribution in [-0.2, 0) is 16.1 Å². The Labute approximate surface area is 117 Å². The Hall–Kier alpha value is -1.79. The Balaban J connectivity index is 1.57. The van der Waals surface area contributed by atoms with Crippen molar-refractivity contribution < 1.29 is 19.0 Å². The molecule has 2 atom stereocenters. The smallest absolute Gasteiger partial charge is 0.249 e. The van der Waals surface area contributed by atoms with Crippen LogP contribution in [0.5, 0.6) is 11.5 Å². The molecule has 2 aliphatic heterocycles. The largest absolute Gasteiger partial charge is 0.454 e. The minimum Gasteiger partial charge on any atom is -0.454 e. The number of hydrogen-bond acceptors (Lipinski definition) is 5. The van der Waals surface area contributed by atoms with Gasteiger partial charge in [0, 0.05) is 18.7 Å². The van der Waals surface area contributed by atoms with E-state index < -0.39 is 6.10 Å². The molecule has 0 aliphatic carbocycles. The van der Waals surface area contributed by atoms with Crippen LogP contribution in [0.4, 0.5) is 0 Å². The van der Waals surface area contributed by atoms with Crippen molar-refractivity contribution in [2.24, 2.45) is 5.73 Å². The first-order valence-electron chi connectivity index (χ1n) is 6.78. The number of fused-ring (bicyclic) bond motifs is 1. The van der Waals surface area contributed by atoms with Gasteiger partial charge in [0.25, 0.3) is 0 Å². The van der Waals surface area contributed by atoms with Crippen LogP contribution in [0.2, 0.25) is 0 Å². The number of carbonyl (C=O) groups is 1. The van der Waals surface area contributed by atoms with E-state index in [1.165, 1.54) is 0 Å². The molecule has 1 saturated heterocycles. The van der Waals surface area contributed by atoms with Crippen LogP contribution in [0.1, 0.15) is 18.4 Å². The van der Waals surface area contributed by atoms with Crippen LogP contribution in [-0.4, -0.2) is 31.5 Å². The number of rotatable bonds is 4. The highest BCUT2D eigenvalue weighted by atomic mass is 16.7. The van der Waals surface area contributed by atoms with Crippen LogP contribution in [0, 0.1) is 0 Å². The molecule has 0 bridgehead atoms. The van der Waals surface area contributed by atoms with Gasteiger partial charge >= 0.3 is 0 Å². The van der Waals surface area contributed by atoms with Crippen molar-refractivity contribution in [1.29, 1.82) is 0 Å². The van der Waals surface area contributed by atoms with Crippen LogP contribution in [0.15, 0.2) is 18.2 Å². The van der Waals surface area contributed by atoms with E-state index in [2.05, 4.69) is 5.32 Å². The third kappa shape index (κ3) is 2.57. The highest BCUT2D eigenvalue weighted by Gasteiger charge is 2.29. The summed E-state index contributed by atoms with van der Waals surface area (Å²) in [7, 11) is 0. The van der Waals surface area contributed by atoms with Gasteiger partial charge in [-0.1, -0.05) is 12.1 Å². The van der Waals surface area contributed by atoms with E-state index in [0.29, 0.717) is 18.8 Å². The zero-order valence-corrected chi connectivity index (χ0v) is 11.1. The van der Waals surface area contributed by atoms with E-state index >= 15 is 0 Å². The van der Waals surface area contributed by atoms with Gasteiger partial charge in [0.1, 0.15) is 6.10 Å². The fourth-order valence-corrected chi connectivity index (χ4v) is 2.50. The second-order valence-corrected chi connectivity index (χ2v) is 4.93. The number of nitrogens with two attached hydrogens (primary N) is 1. The number of hydrogen-bond donors (Lipinski definition) is 2. The maximum atomic E-state index is 12.0. The third-order valence-corrected chi connectivity index (χ3v) is 3.59. The number of benzene rings is 1. The quantitative estimate of drug-likeness (QED) is 0.840. The Bertz CT molecular complexity index is 506. The van der Waals surface area contributed by atoms with E-state index in [9.17, 15) is 4.79 Å².